The number of aromatic nitrogens is 3. The van der Waals surface area contributed by atoms with Crippen molar-refractivity contribution < 1.29 is 14.6 Å². The molecule has 0 saturated carbocycles. The van der Waals surface area contributed by atoms with E-state index in [1.54, 1.807) is 24.4 Å². The molecule has 88 valence electrons. The summed E-state index contributed by atoms with van der Waals surface area (Å²) in [4.78, 5) is 15.0. The number of ether oxygens (including phenoxy) is 1. The Kier molecular flexibility index (Phi) is 2.65. The summed E-state index contributed by atoms with van der Waals surface area (Å²) in [6.45, 7) is 0. The molecule has 0 aliphatic heterocycles. The van der Waals surface area contributed by atoms with E-state index in [1.807, 2.05) is 0 Å². The molecular formula is C10H10N4O3. The lowest BCUT2D eigenvalue weighted by atomic mass is 10.2. The fourth-order valence-electron chi connectivity index (χ4n) is 1.45. The highest BCUT2D eigenvalue weighted by molar-refractivity contribution is 5.83. The van der Waals surface area contributed by atoms with Gasteiger partial charge in [0, 0.05) is 6.20 Å². The number of carbonyl (C=O) groups is 1. The highest BCUT2D eigenvalue weighted by atomic mass is 16.5. The Balaban J connectivity index is 2.64. The summed E-state index contributed by atoms with van der Waals surface area (Å²) in [6, 6.07) is 5.20. The fraction of sp³-hybridized carbons (Fsp3) is 0.100. The van der Waals surface area contributed by atoms with Gasteiger partial charge in [-0.1, -0.05) is 6.07 Å². The lowest BCUT2D eigenvalue weighted by Gasteiger charge is -2.00. The van der Waals surface area contributed by atoms with Gasteiger partial charge in [-0.25, -0.2) is 4.79 Å². The third-order valence-corrected chi connectivity index (χ3v) is 2.18. The number of nitrogen functional groups attached to an aromatic ring is 1. The molecule has 0 aromatic carbocycles. The summed E-state index contributed by atoms with van der Waals surface area (Å²) >= 11 is 0. The molecule has 0 atom stereocenters. The summed E-state index contributed by atoms with van der Waals surface area (Å²) in [7, 11) is 1.39. The molecule has 17 heavy (non-hydrogen) atoms. The van der Waals surface area contributed by atoms with Crippen LogP contribution in [0.3, 0.4) is 0 Å². The van der Waals surface area contributed by atoms with Crippen molar-refractivity contribution in [2.75, 3.05) is 12.8 Å². The zero-order valence-corrected chi connectivity index (χ0v) is 8.99. The smallest absolute Gasteiger partial charge is 0.434 e. The Labute approximate surface area is 96.5 Å². The number of nitrogens with two attached hydrogens (primary N) is 1. The number of nitrogens with zero attached hydrogens (tertiary/aromatic N) is 3. The average Bonchev–Trinajstić information content (AvgIpc) is 2.67. The normalized spacial score (nSPS) is 10.2. The van der Waals surface area contributed by atoms with Crippen LogP contribution in [0.2, 0.25) is 0 Å². The molecule has 0 bridgehead atoms. The predicted octanol–water partition coefficient (Wildman–Crippen LogP) is 1.06. The molecule has 0 fully saturated rings. The van der Waals surface area contributed by atoms with Gasteiger partial charge >= 0.3 is 6.09 Å². The van der Waals surface area contributed by atoms with Crippen molar-refractivity contribution >= 4 is 11.9 Å². The highest BCUT2D eigenvalue weighted by Gasteiger charge is 2.21. The maximum Gasteiger partial charge on any atom is 0.434 e. The third-order valence-electron chi connectivity index (χ3n) is 2.18. The van der Waals surface area contributed by atoms with Crippen LogP contribution in [0.5, 0.6) is 5.88 Å². The van der Waals surface area contributed by atoms with Crippen LogP contribution in [0, 0.1) is 0 Å². The molecule has 2 rings (SSSR count). The van der Waals surface area contributed by atoms with E-state index in [0.717, 1.165) is 0 Å². The zero-order valence-electron chi connectivity index (χ0n) is 8.99. The number of carboxylic acid groups (broad SMARTS) is 1. The second-order valence-corrected chi connectivity index (χ2v) is 3.18. The molecule has 0 spiro atoms. The molecule has 7 heteroatoms. The Morgan fingerprint density at radius 1 is 1.53 bits per heavy atom. The van der Waals surface area contributed by atoms with Gasteiger partial charge in [0.1, 0.15) is 11.4 Å². The van der Waals surface area contributed by atoms with Gasteiger partial charge in [-0.15, -0.1) is 9.78 Å². The van der Waals surface area contributed by atoms with E-state index < -0.39 is 6.09 Å². The molecular weight excluding hydrogens is 224 g/mol. The first-order chi connectivity index (χ1) is 8.15. The van der Waals surface area contributed by atoms with Gasteiger partial charge < -0.3 is 15.6 Å². The highest BCUT2D eigenvalue weighted by Crippen LogP contribution is 2.33. The van der Waals surface area contributed by atoms with Gasteiger partial charge in [-0.05, 0) is 12.1 Å². The Bertz CT molecular complexity index is 550. The second-order valence-electron chi connectivity index (χ2n) is 3.18. The number of anilines is 1. The SMILES string of the molecule is COc1nn(C(=O)O)c(N)c1-c1ccccn1. The van der Waals surface area contributed by atoms with E-state index in [4.69, 9.17) is 15.6 Å². The minimum atomic E-state index is -1.28. The lowest BCUT2D eigenvalue weighted by Crippen LogP contribution is -2.12. The van der Waals surface area contributed by atoms with Crippen LogP contribution >= 0.6 is 0 Å². The maximum atomic E-state index is 10.9. The summed E-state index contributed by atoms with van der Waals surface area (Å²) < 4.78 is 5.65. The number of hydrogen-bond acceptors (Lipinski definition) is 5. The van der Waals surface area contributed by atoms with E-state index in [0.29, 0.717) is 15.9 Å². The monoisotopic (exact) mass is 234 g/mol. The van der Waals surface area contributed by atoms with Gasteiger partial charge in [0.05, 0.1) is 12.8 Å². The number of rotatable bonds is 2. The topological polar surface area (TPSA) is 103 Å². The second kappa shape index (κ2) is 4.12. The Hall–Kier alpha value is -2.57. The molecule has 2 aromatic rings. The van der Waals surface area contributed by atoms with Crippen LogP contribution in [-0.2, 0) is 0 Å². The molecule has 0 unspecified atom stereocenters. The van der Waals surface area contributed by atoms with Gasteiger partial charge in [0.25, 0.3) is 0 Å². The van der Waals surface area contributed by atoms with E-state index in [1.165, 1.54) is 7.11 Å². The largest absolute Gasteiger partial charge is 0.479 e. The van der Waals surface area contributed by atoms with Crippen molar-refractivity contribution in [3.63, 3.8) is 0 Å². The number of methoxy groups -OCH3 is 1. The van der Waals surface area contributed by atoms with E-state index in [-0.39, 0.29) is 11.7 Å². The Morgan fingerprint density at radius 2 is 2.29 bits per heavy atom. The van der Waals surface area contributed by atoms with Gasteiger partial charge in [0.15, 0.2) is 0 Å². The van der Waals surface area contributed by atoms with E-state index >= 15 is 0 Å². The number of pyridine rings is 1. The molecule has 0 radical (unpaired) electrons. The van der Waals surface area contributed by atoms with Crippen LogP contribution in [0.25, 0.3) is 11.3 Å². The van der Waals surface area contributed by atoms with Crippen molar-refractivity contribution in [2.45, 2.75) is 0 Å². The quantitative estimate of drug-likeness (QED) is 0.805. The predicted molar refractivity (Wildman–Crippen MR) is 59.8 cm³/mol. The van der Waals surface area contributed by atoms with Crippen molar-refractivity contribution in [3.8, 4) is 17.1 Å². The molecule has 2 heterocycles. The number of hydrogen-bond donors (Lipinski definition) is 2. The first-order valence-electron chi connectivity index (χ1n) is 4.72. The third kappa shape index (κ3) is 1.78. The van der Waals surface area contributed by atoms with Crippen LogP contribution in [0.15, 0.2) is 24.4 Å². The summed E-state index contributed by atoms with van der Waals surface area (Å²) in [5.74, 6) is 0.108. The minimum Gasteiger partial charge on any atom is -0.479 e. The van der Waals surface area contributed by atoms with Crippen LogP contribution < -0.4 is 10.5 Å². The molecule has 0 aliphatic rings. The zero-order chi connectivity index (χ0) is 12.4. The van der Waals surface area contributed by atoms with Crippen molar-refractivity contribution in [2.24, 2.45) is 0 Å². The molecule has 0 aliphatic carbocycles. The van der Waals surface area contributed by atoms with Gasteiger partial charge in [0.2, 0.25) is 5.88 Å². The van der Waals surface area contributed by atoms with E-state index in [2.05, 4.69) is 10.1 Å². The van der Waals surface area contributed by atoms with Crippen molar-refractivity contribution in [1.29, 1.82) is 0 Å². The van der Waals surface area contributed by atoms with Crippen molar-refractivity contribution in [1.82, 2.24) is 14.8 Å². The minimum absolute atomic E-state index is 0.0203. The lowest BCUT2D eigenvalue weighted by molar-refractivity contribution is 0.192. The molecule has 0 amide bonds. The summed E-state index contributed by atoms with van der Waals surface area (Å²) in [5, 5.41) is 12.6. The van der Waals surface area contributed by atoms with Crippen LogP contribution in [0.1, 0.15) is 0 Å². The summed E-state index contributed by atoms with van der Waals surface area (Å²) in [5.41, 5.74) is 6.59. The Morgan fingerprint density at radius 3 is 2.82 bits per heavy atom. The molecule has 0 saturated heterocycles. The van der Waals surface area contributed by atoms with Gasteiger partial charge in [-0.3, -0.25) is 4.98 Å². The first kappa shape index (κ1) is 10.9. The maximum absolute atomic E-state index is 10.9. The van der Waals surface area contributed by atoms with Crippen LogP contribution in [-0.4, -0.2) is 33.1 Å². The molecule has 2 aromatic heterocycles. The van der Waals surface area contributed by atoms with Gasteiger partial charge in [-0.2, -0.15) is 0 Å². The first-order valence-corrected chi connectivity index (χ1v) is 4.72. The standard InChI is InChI=1S/C10H10N4O3/c1-17-9-7(6-4-2-3-5-12-6)8(11)14(13-9)10(15)16/h2-5H,11H2,1H3,(H,15,16). The summed E-state index contributed by atoms with van der Waals surface area (Å²) in [6.07, 6.45) is 0.301. The fourth-order valence-corrected chi connectivity index (χ4v) is 1.45. The average molecular weight is 234 g/mol. The molecule has 3 N–H and O–H groups in total. The van der Waals surface area contributed by atoms with E-state index in [9.17, 15) is 4.79 Å². The van der Waals surface area contributed by atoms with Crippen molar-refractivity contribution in [3.05, 3.63) is 24.4 Å². The van der Waals surface area contributed by atoms with Crippen LogP contribution in [0.4, 0.5) is 10.6 Å². The molecule has 7 nitrogen and oxygen atoms in total.